The Morgan fingerprint density at radius 3 is 2.65 bits per heavy atom. The van der Waals surface area contributed by atoms with Crippen molar-refractivity contribution < 1.29 is 14.6 Å². The van der Waals surface area contributed by atoms with E-state index in [1.165, 1.54) is 0 Å². The van der Waals surface area contributed by atoms with Gasteiger partial charge in [0, 0.05) is 18.1 Å². The van der Waals surface area contributed by atoms with Crippen molar-refractivity contribution in [3.05, 3.63) is 53.1 Å². The van der Waals surface area contributed by atoms with Crippen molar-refractivity contribution in [2.45, 2.75) is 38.7 Å². The molecule has 1 heterocycles. The van der Waals surface area contributed by atoms with Crippen LogP contribution in [0.5, 0.6) is 11.5 Å². The first-order valence-electron chi connectivity index (χ1n) is 8.79. The predicted molar refractivity (Wildman–Crippen MR) is 104 cm³/mol. The first kappa shape index (κ1) is 18.8. The minimum absolute atomic E-state index is 0.0379. The Morgan fingerprint density at radius 2 is 1.96 bits per heavy atom. The number of hydrogen-bond acceptors (Lipinski definition) is 5. The van der Waals surface area contributed by atoms with Crippen molar-refractivity contribution in [2.24, 2.45) is 0 Å². The topological polar surface area (TPSA) is 68.0 Å². The second-order valence-corrected chi connectivity index (χ2v) is 7.20. The van der Waals surface area contributed by atoms with Crippen LogP contribution in [0.2, 0.25) is 5.02 Å². The molecule has 3 atom stereocenters. The molecule has 0 aliphatic carbocycles. The van der Waals surface area contributed by atoms with Crippen LogP contribution in [0.4, 0.5) is 5.69 Å². The Morgan fingerprint density at radius 1 is 1.23 bits per heavy atom. The standard InChI is InChI=1S/C20H25ClN2O3/c1-13-3-8-18(22)19(11-13)26-20(14(2)24)23-10-9-17(12-23)25-16-6-4-15(21)5-7-16/h3-8,11,14,17,20,24H,9-10,12,22H2,1-2H3. The van der Waals surface area contributed by atoms with E-state index in [0.29, 0.717) is 23.0 Å². The molecule has 1 aliphatic heterocycles. The van der Waals surface area contributed by atoms with E-state index in [0.717, 1.165) is 24.3 Å². The number of aliphatic hydroxyl groups excluding tert-OH is 1. The zero-order valence-electron chi connectivity index (χ0n) is 15.1. The van der Waals surface area contributed by atoms with E-state index in [4.69, 9.17) is 26.8 Å². The number of nitrogens with zero attached hydrogens (tertiary/aromatic N) is 1. The highest BCUT2D eigenvalue weighted by Crippen LogP contribution is 2.27. The van der Waals surface area contributed by atoms with Crippen molar-refractivity contribution in [1.82, 2.24) is 4.90 Å². The molecular weight excluding hydrogens is 352 g/mol. The van der Waals surface area contributed by atoms with Gasteiger partial charge in [0.15, 0.2) is 6.23 Å². The number of aryl methyl sites for hydroxylation is 1. The van der Waals surface area contributed by atoms with Gasteiger partial charge in [-0.1, -0.05) is 17.7 Å². The molecule has 1 saturated heterocycles. The molecule has 140 valence electrons. The zero-order valence-corrected chi connectivity index (χ0v) is 15.8. The van der Waals surface area contributed by atoms with Crippen LogP contribution in [0.3, 0.4) is 0 Å². The lowest BCUT2D eigenvalue weighted by Crippen LogP contribution is -2.46. The Bertz CT molecular complexity index is 736. The van der Waals surface area contributed by atoms with Crippen LogP contribution < -0.4 is 15.2 Å². The second kappa shape index (κ2) is 8.16. The lowest BCUT2D eigenvalue weighted by atomic mass is 10.2. The highest BCUT2D eigenvalue weighted by atomic mass is 35.5. The Balaban J connectivity index is 1.65. The number of ether oxygens (including phenoxy) is 2. The van der Waals surface area contributed by atoms with E-state index in [1.807, 2.05) is 49.4 Å². The highest BCUT2D eigenvalue weighted by molar-refractivity contribution is 6.30. The Labute approximate surface area is 159 Å². The maximum Gasteiger partial charge on any atom is 0.178 e. The van der Waals surface area contributed by atoms with Crippen LogP contribution in [0.1, 0.15) is 18.9 Å². The van der Waals surface area contributed by atoms with Gasteiger partial charge in [-0.2, -0.15) is 0 Å². The molecular formula is C20H25ClN2O3. The summed E-state index contributed by atoms with van der Waals surface area (Å²) in [5.41, 5.74) is 7.64. The largest absolute Gasteiger partial charge is 0.489 e. The minimum atomic E-state index is -0.663. The molecule has 0 spiro atoms. The molecule has 3 rings (SSSR count). The van der Waals surface area contributed by atoms with Gasteiger partial charge in [-0.05, 0) is 62.2 Å². The average Bonchev–Trinajstić information content (AvgIpc) is 3.05. The number of hydrogen-bond donors (Lipinski definition) is 2. The summed E-state index contributed by atoms with van der Waals surface area (Å²) >= 11 is 5.91. The number of likely N-dealkylation sites (tertiary alicyclic amines) is 1. The zero-order chi connectivity index (χ0) is 18.7. The van der Waals surface area contributed by atoms with Gasteiger partial charge in [0.1, 0.15) is 23.7 Å². The number of anilines is 1. The van der Waals surface area contributed by atoms with Crippen LogP contribution in [0.25, 0.3) is 0 Å². The molecule has 0 saturated carbocycles. The summed E-state index contributed by atoms with van der Waals surface area (Å²) in [6, 6.07) is 13.0. The number of aliphatic hydroxyl groups is 1. The van der Waals surface area contributed by atoms with Crippen molar-refractivity contribution in [2.75, 3.05) is 18.8 Å². The van der Waals surface area contributed by atoms with Gasteiger partial charge in [0.25, 0.3) is 0 Å². The normalized spacial score (nSPS) is 19.9. The van der Waals surface area contributed by atoms with E-state index in [-0.39, 0.29) is 6.10 Å². The molecule has 0 bridgehead atoms. The highest BCUT2D eigenvalue weighted by Gasteiger charge is 2.33. The fraction of sp³-hybridized carbons (Fsp3) is 0.400. The summed E-state index contributed by atoms with van der Waals surface area (Å²) in [7, 11) is 0. The van der Waals surface area contributed by atoms with E-state index < -0.39 is 12.3 Å². The summed E-state index contributed by atoms with van der Waals surface area (Å²) in [5, 5.41) is 10.9. The molecule has 0 radical (unpaired) electrons. The van der Waals surface area contributed by atoms with Crippen LogP contribution >= 0.6 is 11.6 Å². The van der Waals surface area contributed by atoms with Gasteiger partial charge in [-0.25, -0.2) is 0 Å². The van der Waals surface area contributed by atoms with E-state index >= 15 is 0 Å². The molecule has 6 heteroatoms. The molecule has 1 aliphatic rings. The Hall–Kier alpha value is -1.95. The van der Waals surface area contributed by atoms with Crippen molar-refractivity contribution in [3.8, 4) is 11.5 Å². The van der Waals surface area contributed by atoms with E-state index in [1.54, 1.807) is 6.92 Å². The van der Waals surface area contributed by atoms with Crippen LogP contribution in [0.15, 0.2) is 42.5 Å². The predicted octanol–water partition coefficient (Wildman–Crippen LogP) is 3.47. The van der Waals surface area contributed by atoms with Crippen molar-refractivity contribution in [3.63, 3.8) is 0 Å². The fourth-order valence-electron chi connectivity index (χ4n) is 3.14. The van der Waals surface area contributed by atoms with Gasteiger partial charge < -0.3 is 20.3 Å². The van der Waals surface area contributed by atoms with E-state index in [2.05, 4.69) is 4.90 Å². The molecule has 26 heavy (non-hydrogen) atoms. The number of nitrogens with two attached hydrogens (primary N) is 1. The lowest BCUT2D eigenvalue weighted by molar-refractivity contribution is -0.0506. The third kappa shape index (κ3) is 4.61. The van der Waals surface area contributed by atoms with Gasteiger partial charge >= 0.3 is 0 Å². The monoisotopic (exact) mass is 376 g/mol. The molecule has 1 fully saturated rings. The third-order valence-corrected chi connectivity index (χ3v) is 4.73. The molecule has 0 amide bonds. The van der Waals surface area contributed by atoms with Crippen LogP contribution in [0, 0.1) is 6.92 Å². The van der Waals surface area contributed by atoms with Crippen molar-refractivity contribution in [1.29, 1.82) is 0 Å². The Kier molecular flexibility index (Phi) is 5.91. The maximum absolute atomic E-state index is 10.2. The molecule has 5 nitrogen and oxygen atoms in total. The summed E-state index contributed by atoms with van der Waals surface area (Å²) in [6.45, 7) is 5.16. The molecule has 0 aromatic heterocycles. The first-order chi connectivity index (χ1) is 12.4. The summed E-state index contributed by atoms with van der Waals surface area (Å²) < 4.78 is 12.1. The lowest BCUT2D eigenvalue weighted by Gasteiger charge is -2.31. The first-order valence-corrected chi connectivity index (χ1v) is 9.17. The van der Waals surface area contributed by atoms with Crippen molar-refractivity contribution >= 4 is 17.3 Å². The average molecular weight is 377 g/mol. The summed E-state index contributed by atoms with van der Waals surface area (Å²) in [5.74, 6) is 1.39. The maximum atomic E-state index is 10.2. The number of nitrogen functional groups attached to an aromatic ring is 1. The smallest absolute Gasteiger partial charge is 0.178 e. The van der Waals surface area contributed by atoms with Gasteiger partial charge in [0.05, 0.1) is 5.69 Å². The van der Waals surface area contributed by atoms with Gasteiger partial charge in [-0.15, -0.1) is 0 Å². The minimum Gasteiger partial charge on any atom is -0.489 e. The van der Waals surface area contributed by atoms with E-state index in [9.17, 15) is 5.11 Å². The number of halogens is 1. The second-order valence-electron chi connectivity index (χ2n) is 6.77. The third-order valence-electron chi connectivity index (χ3n) is 4.48. The summed E-state index contributed by atoms with van der Waals surface area (Å²) in [6.07, 6.45) is -0.239. The molecule has 2 aromatic carbocycles. The van der Waals surface area contributed by atoms with Crippen LogP contribution in [-0.4, -0.2) is 41.5 Å². The fourth-order valence-corrected chi connectivity index (χ4v) is 3.26. The SMILES string of the molecule is Cc1ccc(N)c(OC(C(C)O)N2CCC(Oc3ccc(Cl)cc3)C2)c1. The van der Waals surface area contributed by atoms with Gasteiger partial charge in [-0.3, -0.25) is 4.90 Å². The van der Waals surface area contributed by atoms with Gasteiger partial charge in [0.2, 0.25) is 0 Å². The number of rotatable bonds is 6. The number of benzene rings is 2. The summed E-state index contributed by atoms with van der Waals surface area (Å²) in [4.78, 5) is 2.09. The molecule has 2 aromatic rings. The molecule has 3 unspecified atom stereocenters. The quantitative estimate of drug-likeness (QED) is 0.755. The molecule has 3 N–H and O–H groups in total. The van der Waals surface area contributed by atoms with Crippen LogP contribution in [-0.2, 0) is 0 Å².